The molecule has 0 unspecified atom stereocenters. The zero-order valence-corrected chi connectivity index (χ0v) is 10.9. The summed E-state index contributed by atoms with van der Waals surface area (Å²) in [7, 11) is 0. The van der Waals surface area contributed by atoms with E-state index in [1.165, 1.54) is 50.0 Å². The van der Waals surface area contributed by atoms with E-state index >= 15 is 0 Å². The molecule has 1 fully saturated rings. The number of hydrogen-bond donors (Lipinski definition) is 1. The minimum Gasteiger partial charge on any atom is -0.330 e. The van der Waals surface area contributed by atoms with Gasteiger partial charge in [-0.2, -0.15) is 0 Å². The Labute approximate surface area is 105 Å². The first-order chi connectivity index (χ1) is 8.29. The summed E-state index contributed by atoms with van der Waals surface area (Å²) in [6.07, 6.45) is 3.74. The molecule has 2 N–H and O–H groups in total. The average Bonchev–Trinajstić information content (AvgIpc) is 2.38. The number of rotatable bonds is 4. The Morgan fingerprint density at radius 1 is 1.24 bits per heavy atom. The van der Waals surface area contributed by atoms with Crippen molar-refractivity contribution < 1.29 is 0 Å². The molecule has 17 heavy (non-hydrogen) atoms. The quantitative estimate of drug-likeness (QED) is 0.862. The van der Waals surface area contributed by atoms with Gasteiger partial charge in [-0.15, -0.1) is 0 Å². The fourth-order valence-electron chi connectivity index (χ4n) is 2.61. The van der Waals surface area contributed by atoms with Crippen molar-refractivity contribution in [2.24, 2.45) is 11.7 Å². The highest BCUT2D eigenvalue weighted by molar-refractivity contribution is 5.25. The van der Waals surface area contributed by atoms with E-state index in [0.717, 1.165) is 12.5 Å². The van der Waals surface area contributed by atoms with E-state index < -0.39 is 0 Å². The van der Waals surface area contributed by atoms with E-state index in [0.29, 0.717) is 0 Å². The second kappa shape index (κ2) is 6.18. The zero-order valence-electron chi connectivity index (χ0n) is 10.9. The van der Waals surface area contributed by atoms with Gasteiger partial charge in [-0.1, -0.05) is 24.3 Å². The van der Waals surface area contributed by atoms with E-state index in [2.05, 4.69) is 36.1 Å². The van der Waals surface area contributed by atoms with Crippen LogP contribution in [-0.2, 0) is 6.42 Å². The molecule has 0 atom stereocenters. The van der Waals surface area contributed by atoms with E-state index in [4.69, 9.17) is 5.73 Å². The predicted octanol–water partition coefficient (Wildman–Crippen LogP) is 2.21. The molecular formula is C15H24N2. The topological polar surface area (TPSA) is 29.3 Å². The molecule has 0 bridgehead atoms. The lowest BCUT2D eigenvalue weighted by atomic mass is 9.96. The standard InChI is InChI=1S/C15H24N2/c1-13-4-2-3-5-15(13)8-11-17-9-6-14(12-16)7-10-17/h2-5,14H,6-12,16H2,1H3. The number of hydrogen-bond acceptors (Lipinski definition) is 2. The lowest BCUT2D eigenvalue weighted by Crippen LogP contribution is -2.37. The number of piperidine rings is 1. The van der Waals surface area contributed by atoms with E-state index in [-0.39, 0.29) is 0 Å². The van der Waals surface area contributed by atoms with Gasteiger partial charge in [0.1, 0.15) is 0 Å². The van der Waals surface area contributed by atoms with Gasteiger partial charge >= 0.3 is 0 Å². The third kappa shape index (κ3) is 3.55. The molecule has 1 aromatic rings. The number of nitrogens with zero attached hydrogens (tertiary/aromatic N) is 1. The second-order valence-electron chi connectivity index (χ2n) is 5.20. The molecule has 94 valence electrons. The van der Waals surface area contributed by atoms with Crippen LogP contribution in [0.1, 0.15) is 24.0 Å². The van der Waals surface area contributed by atoms with Gasteiger partial charge in [0.15, 0.2) is 0 Å². The first-order valence-electron chi connectivity index (χ1n) is 6.76. The fraction of sp³-hybridized carbons (Fsp3) is 0.600. The van der Waals surface area contributed by atoms with Crippen molar-refractivity contribution in [3.05, 3.63) is 35.4 Å². The average molecular weight is 232 g/mol. The first kappa shape index (κ1) is 12.6. The van der Waals surface area contributed by atoms with Gasteiger partial charge in [0.2, 0.25) is 0 Å². The summed E-state index contributed by atoms with van der Waals surface area (Å²) in [5, 5.41) is 0. The molecule has 1 aliphatic heterocycles. The van der Waals surface area contributed by atoms with Crippen LogP contribution in [0.2, 0.25) is 0 Å². The van der Waals surface area contributed by atoms with Gasteiger partial charge < -0.3 is 10.6 Å². The summed E-state index contributed by atoms with van der Waals surface area (Å²) < 4.78 is 0. The third-order valence-electron chi connectivity index (χ3n) is 4.00. The maximum absolute atomic E-state index is 5.72. The third-order valence-corrected chi connectivity index (χ3v) is 4.00. The normalized spacial score (nSPS) is 18.5. The van der Waals surface area contributed by atoms with Crippen LogP contribution < -0.4 is 5.73 Å². The summed E-state index contributed by atoms with van der Waals surface area (Å²) in [6.45, 7) is 6.73. The number of likely N-dealkylation sites (tertiary alicyclic amines) is 1. The van der Waals surface area contributed by atoms with Crippen molar-refractivity contribution in [1.82, 2.24) is 4.90 Å². The summed E-state index contributed by atoms with van der Waals surface area (Å²) >= 11 is 0. The Bertz CT molecular complexity index is 341. The van der Waals surface area contributed by atoms with Gasteiger partial charge in [-0.05, 0) is 62.9 Å². The molecule has 1 aliphatic rings. The van der Waals surface area contributed by atoms with Crippen LogP contribution in [0, 0.1) is 12.8 Å². The molecule has 0 saturated carbocycles. The molecule has 2 nitrogen and oxygen atoms in total. The Morgan fingerprint density at radius 2 is 1.94 bits per heavy atom. The smallest absolute Gasteiger partial charge is 0.00219 e. The SMILES string of the molecule is Cc1ccccc1CCN1CCC(CN)CC1. The summed E-state index contributed by atoms with van der Waals surface area (Å²) in [4.78, 5) is 2.58. The van der Waals surface area contributed by atoms with Crippen LogP contribution in [0.15, 0.2) is 24.3 Å². The van der Waals surface area contributed by atoms with Crippen molar-refractivity contribution in [1.29, 1.82) is 0 Å². The van der Waals surface area contributed by atoms with Crippen LogP contribution in [0.25, 0.3) is 0 Å². The fourth-order valence-corrected chi connectivity index (χ4v) is 2.61. The van der Waals surface area contributed by atoms with Gasteiger partial charge in [-0.3, -0.25) is 0 Å². The summed E-state index contributed by atoms with van der Waals surface area (Å²) in [5.74, 6) is 0.768. The van der Waals surface area contributed by atoms with Crippen LogP contribution >= 0.6 is 0 Å². The minimum absolute atomic E-state index is 0.768. The molecule has 1 aromatic carbocycles. The Morgan fingerprint density at radius 3 is 2.59 bits per heavy atom. The largest absolute Gasteiger partial charge is 0.330 e. The molecule has 2 rings (SSSR count). The molecule has 2 heteroatoms. The molecule has 1 saturated heterocycles. The molecule has 0 aromatic heterocycles. The maximum Gasteiger partial charge on any atom is 0.00219 e. The van der Waals surface area contributed by atoms with E-state index in [9.17, 15) is 0 Å². The van der Waals surface area contributed by atoms with E-state index in [1.54, 1.807) is 0 Å². The lowest BCUT2D eigenvalue weighted by Gasteiger charge is -2.31. The van der Waals surface area contributed by atoms with Crippen molar-refractivity contribution in [3.8, 4) is 0 Å². The second-order valence-corrected chi connectivity index (χ2v) is 5.20. The monoisotopic (exact) mass is 232 g/mol. The van der Waals surface area contributed by atoms with Gasteiger partial charge in [0, 0.05) is 6.54 Å². The molecule has 1 heterocycles. The minimum atomic E-state index is 0.768. The molecule has 0 radical (unpaired) electrons. The zero-order chi connectivity index (χ0) is 12.1. The van der Waals surface area contributed by atoms with Crippen molar-refractivity contribution in [2.45, 2.75) is 26.2 Å². The Balaban J connectivity index is 1.78. The molecule has 0 spiro atoms. The number of benzene rings is 1. The van der Waals surface area contributed by atoms with Gasteiger partial charge in [-0.25, -0.2) is 0 Å². The predicted molar refractivity (Wildman–Crippen MR) is 73.1 cm³/mol. The van der Waals surface area contributed by atoms with Crippen molar-refractivity contribution in [2.75, 3.05) is 26.2 Å². The van der Waals surface area contributed by atoms with Crippen LogP contribution in [-0.4, -0.2) is 31.1 Å². The number of nitrogens with two attached hydrogens (primary N) is 1. The summed E-state index contributed by atoms with van der Waals surface area (Å²) in [6, 6.07) is 8.71. The highest BCUT2D eigenvalue weighted by atomic mass is 15.1. The summed E-state index contributed by atoms with van der Waals surface area (Å²) in [5.41, 5.74) is 8.63. The van der Waals surface area contributed by atoms with E-state index in [1.807, 2.05) is 0 Å². The Hall–Kier alpha value is -0.860. The molecule has 0 aliphatic carbocycles. The number of aryl methyl sites for hydroxylation is 1. The van der Waals surface area contributed by atoms with Crippen LogP contribution in [0.3, 0.4) is 0 Å². The van der Waals surface area contributed by atoms with Crippen LogP contribution in [0.5, 0.6) is 0 Å². The highest BCUT2D eigenvalue weighted by Gasteiger charge is 2.17. The van der Waals surface area contributed by atoms with Gasteiger partial charge in [0.25, 0.3) is 0 Å². The lowest BCUT2D eigenvalue weighted by molar-refractivity contribution is 0.189. The van der Waals surface area contributed by atoms with Gasteiger partial charge in [0.05, 0.1) is 0 Å². The first-order valence-corrected chi connectivity index (χ1v) is 6.76. The highest BCUT2D eigenvalue weighted by Crippen LogP contribution is 2.16. The Kier molecular flexibility index (Phi) is 4.57. The molecular weight excluding hydrogens is 208 g/mol. The molecule has 0 amide bonds. The van der Waals surface area contributed by atoms with Crippen LogP contribution in [0.4, 0.5) is 0 Å². The maximum atomic E-state index is 5.72. The van der Waals surface area contributed by atoms with Crippen molar-refractivity contribution in [3.63, 3.8) is 0 Å². The van der Waals surface area contributed by atoms with Crippen molar-refractivity contribution >= 4 is 0 Å².